The van der Waals surface area contributed by atoms with E-state index in [9.17, 15) is 48.9 Å². The second-order valence-corrected chi connectivity index (χ2v) is 41.6. The number of fused-ring (bicyclic) bond motifs is 6. The van der Waals surface area contributed by atoms with Crippen molar-refractivity contribution in [3.8, 4) is 11.5 Å². The molecule has 34 nitrogen and oxygen atoms in total. The van der Waals surface area contributed by atoms with E-state index in [1.165, 1.54) is 64.1 Å². The van der Waals surface area contributed by atoms with Crippen LogP contribution in [0.3, 0.4) is 0 Å². The monoisotopic (exact) mass is 2000 g/mol. The summed E-state index contributed by atoms with van der Waals surface area (Å²) in [6.45, 7) is 8.13. The number of likely N-dealkylation sites (N-methyl/N-ethyl adjacent to an activating group) is 1. The van der Waals surface area contributed by atoms with Crippen molar-refractivity contribution in [3.05, 3.63) is 190 Å². The number of urea groups is 1. The lowest BCUT2D eigenvalue weighted by atomic mass is 9.83. The Balaban J connectivity index is 0.846. The van der Waals surface area contributed by atoms with Crippen LogP contribution in [0.25, 0.3) is 5.57 Å². The van der Waals surface area contributed by atoms with Gasteiger partial charge in [-0.15, -0.1) is 0 Å². The van der Waals surface area contributed by atoms with Crippen molar-refractivity contribution in [2.45, 2.75) is 247 Å². The Bertz CT molecular complexity index is 5220. The Kier molecular flexibility index (Phi) is 40.2. The molecule has 12 amide bonds. The maximum atomic E-state index is 15.7. The zero-order valence-electron chi connectivity index (χ0n) is 79.0. The highest BCUT2D eigenvalue weighted by Gasteiger charge is 2.65. The summed E-state index contributed by atoms with van der Waals surface area (Å²) in [5, 5.41) is 62.3. The van der Waals surface area contributed by atoms with Crippen LogP contribution in [0.15, 0.2) is 151 Å². The molecule has 17 atom stereocenters. The summed E-state index contributed by atoms with van der Waals surface area (Å²) >= 11 is 6.94. The van der Waals surface area contributed by atoms with E-state index in [1.54, 1.807) is 111 Å². The van der Waals surface area contributed by atoms with Gasteiger partial charge in [-0.1, -0.05) is 208 Å². The lowest BCUT2D eigenvalue weighted by Gasteiger charge is -2.42. The molecule has 4 fully saturated rings. The topological polar surface area (TPSA) is 485 Å². The minimum Gasteiger partial charge on any atom is -0.508 e. The lowest BCUT2D eigenvalue weighted by molar-refractivity contribution is -0.162. The van der Waals surface area contributed by atoms with Crippen molar-refractivity contribution in [2.24, 2.45) is 17.6 Å². The molecule has 2 aliphatic carbocycles. The van der Waals surface area contributed by atoms with Crippen LogP contribution in [-0.4, -0.2) is 251 Å². The molecule has 0 radical (unpaired) electrons. The summed E-state index contributed by atoms with van der Waals surface area (Å²) < 4.78 is 29.9. The van der Waals surface area contributed by atoms with Crippen molar-refractivity contribution in [1.29, 1.82) is 0 Å². The van der Waals surface area contributed by atoms with Crippen molar-refractivity contribution in [2.75, 3.05) is 62.8 Å². The molecular formula is C99H128ClN13O21S4. The molecule has 4 aliphatic heterocycles. The number of phenols is 1. The van der Waals surface area contributed by atoms with Crippen LogP contribution < -0.4 is 68.5 Å². The van der Waals surface area contributed by atoms with E-state index in [4.69, 9.17) is 41.0 Å². The molecule has 4 heterocycles. The van der Waals surface area contributed by atoms with E-state index >= 15 is 28.8 Å². The molecule has 4 bridgehead atoms. The van der Waals surface area contributed by atoms with Crippen LogP contribution in [0.5, 0.6) is 11.5 Å². The van der Waals surface area contributed by atoms with Gasteiger partial charge in [0.1, 0.15) is 82.7 Å². The van der Waals surface area contributed by atoms with E-state index in [1.807, 2.05) is 43.3 Å². The van der Waals surface area contributed by atoms with Crippen molar-refractivity contribution in [1.82, 2.24) is 58.1 Å². The van der Waals surface area contributed by atoms with Crippen LogP contribution in [0.1, 0.15) is 151 Å². The number of ketones is 1. The first-order valence-electron chi connectivity index (χ1n) is 46.6. The Morgan fingerprint density at radius 2 is 1.46 bits per heavy atom. The minimum absolute atomic E-state index is 0.00440. The highest BCUT2D eigenvalue weighted by Crippen LogP contribution is 2.50. The second kappa shape index (κ2) is 51.5. The van der Waals surface area contributed by atoms with Crippen LogP contribution in [0.2, 0.25) is 5.02 Å². The average molecular weight is 2000 g/mol. The molecular weight excluding hydrogens is 1870 g/mol. The van der Waals surface area contributed by atoms with Crippen LogP contribution in [0.4, 0.5) is 15.3 Å². The zero-order chi connectivity index (χ0) is 99.5. The zero-order valence-corrected chi connectivity index (χ0v) is 83.1. The maximum Gasteiger partial charge on any atom is 0.409 e. The predicted octanol–water partition coefficient (Wildman–Crippen LogP) is 8.21. The van der Waals surface area contributed by atoms with Gasteiger partial charge in [-0.05, 0) is 149 Å². The number of aliphatic hydroxyl groups is 2. The van der Waals surface area contributed by atoms with Gasteiger partial charge in [0.2, 0.25) is 53.2 Å². The summed E-state index contributed by atoms with van der Waals surface area (Å²) in [5.41, 5.74) is 8.78. The molecule has 746 valence electrons. The minimum atomic E-state index is -1.96. The molecule has 15 N–H and O–H groups in total. The number of anilines is 1. The summed E-state index contributed by atoms with van der Waals surface area (Å²) in [4.78, 5) is 196. The van der Waals surface area contributed by atoms with Gasteiger partial charge in [0.15, 0.2) is 11.5 Å². The van der Waals surface area contributed by atoms with E-state index in [-0.39, 0.29) is 109 Å². The molecule has 138 heavy (non-hydrogen) atoms. The lowest BCUT2D eigenvalue weighted by Crippen LogP contribution is -2.63. The number of halogens is 1. The van der Waals surface area contributed by atoms with Gasteiger partial charge in [-0.2, -0.15) is 0 Å². The molecule has 0 spiro atoms. The summed E-state index contributed by atoms with van der Waals surface area (Å²) in [6.07, 6.45) is 4.26. The number of hydrogen-bond donors (Lipinski definition) is 14. The molecule has 3 saturated heterocycles. The number of unbranched alkanes of at least 4 members (excludes halogenated alkanes) is 1. The number of nitrogens with one attached hydrogen (secondary N) is 10. The fourth-order valence-corrected chi connectivity index (χ4v) is 22.3. The van der Waals surface area contributed by atoms with Gasteiger partial charge in [0.05, 0.1) is 37.5 Å². The molecule has 11 rings (SSSR count). The fraction of sp³-hybridized carbons (Fsp3) is 0.505. The Labute approximate surface area is 825 Å². The maximum absolute atomic E-state index is 15.7. The number of carbonyl (C=O) groups excluding carboxylic acids is 13. The number of rotatable bonds is 31. The number of methoxy groups -OCH3 is 2. The van der Waals surface area contributed by atoms with Crippen LogP contribution >= 0.6 is 54.8 Å². The Morgan fingerprint density at radius 1 is 0.775 bits per heavy atom. The molecule has 5 aromatic carbocycles. The highest BCUT2D eigenvalue weighted by atomic mass is 35.5. The first kappa shape index (κ1) is 108. The number of nitrogens with two attached hydrogens (primary N) is 1. The predicted molar refractivity (Wildman–Crippen MR) is 530 cm³/mol. The van der Waals surface area contributed by atoms with Crippen molar-refractivity contribution in [3.63, 3.8) is 0 Å². The van der Waals surface area contributed by atoms with Gasteiger partial charge in [0.25, 0.3) is 0 Å². The number of benzene rings is 5. The SMILES string of the molecule is COc1cc2cc(c1Cl)N(C)C(=O)C[C@H](OC(=O)[C@H](C)N(C)C(=O)CCSSC[C@H](NC(=O)[C@@H]1CSSC[C@H](NC(=O)[C@@H](Cc3ccccc3)NC(=O)NC3CCCCC3)C(=O)C[C@@H](Cc3ccc(O)cc3)C(=O)N[C@H](CC3=CCc4ccccc43)C(=O)N[C@@H](CCCCN)C(=O)N[C@@H]([C@@H](C)O)C(=O)N1)C(=O)NCc1ccccc1)[C@]1(C)O[C@H]1[C@H](C)[C@@H]1C[C@@](O)(NC(=O)O1)[C@H](OC)/C=C/C=C(\C)C2. The third-order valence-corrected chi connectivity index (χ3v) is 31.0. The number of aromatic hydroxyl groups is 1. The summed E-state index contributed by atoms with van der Waals surface area (Å²) in [6, 6.07) is 22.2. The van der Waals surface area contributed by atoms with E-state index < -0.39 is 192 Å². The number of amides is 12. The number of aliphatic hydroxyl groups excluding tert-OH is 1. The first-order valence-corrected chi connectivity index (χ1v) is 52.0. The second-order valence-electron chi connectivity index (χ2n) is 36.1. The fourth-order valence-electron chi connectivity index (χ4n) is 17.4. The standard InChI is InChI=1S/C99H128ClN13O21S4/c1-57-24-23-34-81(131-9)99(129)52-80(132-97(128)111-99)58(2)87-98(5,134-87)82(51-84(118)113(7)77-47-64(44-57)48-79(130-8)85(77)100)133-95(126)59(3)112(6)83(117)41-43-135-136-55-75(89(120)102-53-63-27-15-11-16-28-63)107-93(124)76-56-138-137-54-74(106-91(122)72(46-61-25-13-10-14-26-61)109-96(127)103-68-30-17-12-18-31-68)78(116)50-67(45-62-35-39-69(115)40-36-62)88(119)105-73(49-66-38-37-65-29-19-20-32-70(65)66)92(123)104-71(33-21-22-42-101)90(121)110-86(60(4)114)94(125)108-76/h10-11,13-16,19-20,23-29,32,34-36,38-40,47-48,58-60,67-68,71-76,80-82,86-87,114-115,129H,12,17-18,21-22,30-31,33,37,41-46,49-56,101H2,1-9H3,(H,102,120)(H,104,123)(H,105,119)(H,106,122)(H,107,124)(H,108,125)(H,110,121)(H,111,128)(H2,103,109,127)/b34-23+,57-24+/t58-,59+,60-,67-,71+,72-,73-,74+,75+,76+,80+,81-,82+,86+,87+,98+,99+/m1/s1. The van der Waals surface area contributed by atoms with Crippen LogP contribution in [0, 0.1) is 11.8 Å². The molecule has 1 saturated carbocycles. The molecule has 39 heteroatoms. The van der Waals surface area contributed by atoms with Gasteiger partial charge < -0.3 is 102 Å². The van der Waals surface area contributed by atoms with Gasteiger partial charge in [-0.25, -0.2) is 14.4 Å². The van der Waals surface area contributed by atoms with Crippen molar-refractivity contribution < 1.29 is 101 Å². The number of phenolic OH excluding ortho intramolecular Hbond substituents is 1. The third kappa shape index (κ3) is 30.2. The normalized spacial score (nSPS) is 25.8. The number of hydrogen-bond acceptors (Lipinski definition) is 26. The smallest absolute Gasteiger partial charge is 0.409 e. The number of ether oxygens (including phenoxy) is 5. The number of esters is 1. The van der Waals surface area contributed by atoms with Crippen LogP contribution in [-0.2, 0) is 104 Å². The quantitative estimate of drug-likeness (QED) is 0.00859. The first-order chi connectivity index (χ1) is 66.0. The summed E-state index contributed by atoms with van der Waals surface area (Å²) in [5.74, 6) is -11.2. The highest BCUT2D eigenvalue weighted by molar-refractivity contribution is 8.77. The number of nitrogens with zero attached hydrogens (tertiary/aromatic N) is 2. The van der Waals surface area contributed by atoms with Gasteiger partial charge in [0, 0.05) is 101 Å². The average Bonchev–Trinajstić information content (AvgIpc) is 1.57. The molecule has 0 aromatic heterocycles. The number of alkyl carbamates (subject to hydrolysis) is 1. The van der Waals surface area contributed by atoms with Crippen molar-refractivity contribution >= 4 is 143 Å². The van der Waals surface area contributed by atoms with E-state index in [0.29, 0.717) is 47.1 Å². The van der Waals surface area contributed by atoms with E-state index in [0.717, 1.165) is 92.0 Å². The third-order valence-electron chi connectivity index (χ3n) is 25.8. The number of epoxide rings is 1. The molecule has 0 unspecified atom stereocenters. The largest absolute Gasteiger partial charge is 0.508 e. The van der Waals surface area contributed by atoms with Gasteiger partial charge in [-0.3, -0.25) is 53.3 Å². The number of Topliss-reactive ketones (excluding diaryl/α,β-unsaturated/α-hetero) is 1. The number of carbonyl (C=O) groups is 13. The van der Waals surface area contributed by atoms with Gasteiger partial charge >= 0.3 is 18.1 Å². The van der Waals surface area contributed by atoms with E-state index in [2.05, 4.69) is 53.2 Å². The Morgan fingerprint density at radius 3 is 2.17 bits per heavy atom. The molecule has 5 aromatic rings. The molecule has 6 aliphatic rings. The number of allylic oxidation sites excluding steroid dienone is 4. The summed E-state index contributed by atoms with van der Waals surface area (Å²) in [7, 11) is 9.95. The Hall–Kier alpha value is -10.7.